The quantitative estimate of drug-likeness (QED) is 0.154. The van der Waals surface area contributed by atoms with E-state index in [4.69, 9.17) is 14.4 Å². The Balaban J connectivity index is 0.993. The number of para-hydroxylation sites is 1. The normalized spacial score (nSPS) is 11.3. The zero-order chi connectivity index (χ0) is 40.5. The fraction of sp³-hybridized carbons (Fsp3) is 0. The highest BCUT2D eigenvalue weighted by molar-refractivity contribution is 6.07. The van der Waals surface area contributed by atoms with Crippen molar-refractivity contribution >= 4 is 22.1 Å². The van der Waals surface area contributed by atoms with Gasteiger partial charge in [0.05, 0.1) is 0 Å². The van der Waals surface area contributed by atoms with E-state index in [0.29, 0.717) is 11.4 Å². The number of fused-ring (bicyclic) bond motifs is 3. The summed E-state index contributed by atoms with van der Waals surface area (Å²) in [6.45, 7) is 0. The largest absolute Gasteiger partial charge is 0.452 e. The summed E-state index contributed by atoms with van der Waals surface area (Å²) in [5, 5.41) is 0.967. The van der Waals surface area contributed by atoms with Gasteiger partial charge in [-0.1, -0.05) is 182 Å². The minimum Gasteiger partial charge on any atom is -0.452 e. The van der Waals surface area contributed by atoms with E-state index in [1.807, 2.05) is 24.3 Å². The molecule has 0 bridgehead atoms. The maximum atomic E-state index is 6.49. The van der Waals surface area contributed by atoms with Gasteiger partial charge in [-0.05, 0) is 115 Å². The van der Waals surface area contributed by atoms with Crippen molar-refractivity contribution < 1.29 is 4.42 Å². The zero-order valence-corrected chi connectivity index (χ0v) is 33.2. The van der Waals surface area contributed by atoms with Crippen LogP contribution in [0.3, 0.4) is 0 Å². The van der Waals surface area contributed by atoms with Gasteiger partial charge in [0.25, 0.3) is 0 Å². The molecule has 0 spiro atoms. The lowest BCUT2D eigenvalue weighted by Gasteiger charge is -2.13. The Morgan fingerprint density at radius 3 is 1.23 bits per heavy atom. The molecule has 0 aliphatic carbocycles. The fourth-order valence-electron chi connectivity index (χ4n) is 8.35. The average molecular weight is 779 g/mol. The lowest BCUT2D eigenvalue weighted by atomic mass is 9.91. The molecular formula is C58H38N2O. The molecule has 0 aliphatic rings. The molecule has 0 saturated heterocycles. The summed E-state index contributed by atoms with van der Waals surface area (Å²) >= 11 is 0. The minimum absolute atomic E-state index is 0.649. The first-order valence-corrected chi connectivity index (χ1v) is 20.6. The average Bonchev–Trinajstić information content (AvgIpc) is 3.73. The molecule has 0 unspecified atom stereocenters. The van der Waals surface area contributed by atoms with Crippen LogP contribution in [0, 0.1) is 0 Å². The molecular weight excluding hydrogens is 741 g/mol. The number of nitrogens with zero attached hydrogens (tertiary/aromatic N) is 2. The number of furan rings is 1. The van der Waals surface area contributed by atoms with Crippen LogP contribution in [0.4, 0.5) is 0 Å². The van der Waals surface area contributed by atoms with Gasteiger partial charge in [0.2, 0.25) is 0 Å². The van der Waals surface area contributed by atoms with E-state index in [2.05, 4.69) is 206 Å². The van der Waals surface area contributed by atoms with Crippen molar-refractivity contribution in [1.82, 2.24) is 9.97 Å². The number of hydrogen-bond acceptors (Lipinski definition) is 3. The van der Waals surface area contributed by atoms with Crippen molar-refractivity contribution in [3.8, 4) is 89.4 Å². The summed E-state index contributed by atoms with van der Waals surface area (Å²) in [6, 6.07) is 81.4. The van der Waals surface area contributed by atoms with Crippen LogP contribution in [0.25, 0.3) is 111 Å². The van der Waals surface area contributed by atoms with E-state index < -0.39 is 0 Å². The van der Waals surface area contributed by atoms with Crippen molar-refractivity contribution in [2.45, 2.75) is 0 Å². The third-order valence-electron chi connectivity index (χ3n) is 11.5. The van der Waals surface area contributed by atoms with E-state index in [9.17, 15) is 0 Å². The highest BCUT2D eigenvalue weighted by atomic mass is 16.3. The van der Waals surface area contributed by atoms with E-state index >= 15 is 0 Å². The van der Waals surface area contributed by atoms with Crippen molar-refractivity contribution in [3.05, 3.63) is 231 Å². The molecule has 9 aromatic carbocycles. The molecule has 0 amide bonds. The maximum Gasteiger partial charge on any atom is 0.180 e. The molecule has 2 heterocycles. The van der Waals surface area contributed by atoms with Gasteiger partial charge in [-0.3, -0.25) is 0 Å². The van der Waals surface area contributed by atoms with Gasteiger partial charge < -0.3 is 4.42 Å². The number of benzene rings is 9. The van der Waals surface area contributed by atoms with Gasteiger partial charge in [-0.25, -0.2) is 9.97 Å². The van der Waals surface area contributed by atoms with Crippen LogP contribution in [0.15, 0.2) is 235 Å². The first-order chi connectivity index (χ1) is 30.2. The Kier molecular flexibility index (Phi) is 9.18. The topological polar surface area (TPSA) is 38.9 Å². The van der Waals surface area contributed by atoms with E-state index in [-0.39, 0.29) is 0 Å². The molecule has 0 saturated carbocycles. The molecule has 11 aromatic rings. The number of aromatic nitrogens is 2. The van der Waals surface area contributed by atoms with Gasteiger partial charge in [-0.2, -0.15) is 0 Å². The smallest absolute Gasteiger partial charge is 0.180 e. The van der Waals surface area contributed by atoms with Crippen molar-refractivity contribution in [3.63, 3.8) is 0 Å². The van der Waals surface area contributed by atoms with Gasteiger partial charge in [0.1, 0.15) is 16.8 Å². The Labute approximate surface area is 354 Å². The standard InChI is InChI=1S/C58H38N2O/c1-4-15-39(16-5-1)42-29-31-43(32-30-42)51-36-50(41-19-8-3-9-20-41)37-52(38-51)47-24-12-22-45(33-47)46-23-14-26-49(35-46)58-59-55(57-56(60-58)53-27-10-11-28-54(53)61-57)48-25-13-21-44(34-48)40-17-6-2-7-18-40/h1-38H. The monoisotopic (exact) mass is 778 g/mol. The molecule has 11 rings (SSSR count). The summed E-state index contributed by atoms with van der Waals surface area (Å²) < 4.78 is 6.49. The molecule has 0 fully saturated rings. The molecule has 0 radical (unpaired) electrons. The molecule has 2 aromatic heterocycles. The molecule has 0 N–H and O–H groups in total. The Hall–Kier alpha value is -8.14. The predicted octanol–water partition coefficient (Wildman–Crippen LogP) is 15.7. The van der Waals surface area contributed by atoms with Crippen LogP contribution < -0.4 is 0 Å². The number of hydrogen-bond donors (Lipinski definition) is 0. The highest BCUT2D eigenvalue weighted by Crippen LogP contribution is 2.39. The summed E-state index contributed by atoms with van der Waals surface area (Å²) in [5.74, 6) is 0.649. The van der Waals surface area contributed by atoms with E-state index in [1.54, 1.807) is 0 Å². The highest BCUT2D eigenvalue weighted by Gasteiger charge is 2.19. The summed E-state index contributed by atoms with van der Waals surface area (Å²) in [4.78, 5) is 10.5. The second-order valence-corrected chi connectivity index (χ2v) is 15.4. The van der Waals surface area contributed by atoms with Crippen LogP contribution in [-0.4, -0.2) is 9.97 Å². The second kappa shape index (κ2) is 15.6. The van der Waals surface area contributed by atoms with Crippen molar-refractivity contribution in [2.24, 2.45) is 0 Å². The van der Waals surface area contributed by atoms with Crippen LogP contribution in [0.1, 0.15) is 0 Å². The lowest BCUT2D eigenvalue weighted by molar-refractivity contribution is 0.667. The van der Waals surface area contributed by atoms with Gasteiger partial charge in [-0.15, -0.1) is 0 Å². The Morgan fingerprint density at radius 2 is 0.623 bits per heavy atom. The van der Waals surface area contributed by atoms with Gasteiger partial charge in [0.15, 0.2) is 11.4 Å². The Morgan fingerprint density at radius 1 is 0.262 bits per heavy atom. The SMILES string of the molecule is c1ccc(-c2ccc(-c3cc(-c4ccccc4)cc(-c4cccc(-c5cccc(-c6nc(-c7cccc(-c8ccccc8)c7)c7oc8ccccc8c7n6)c5)c4)c3)cc2)cc1. The van der Waals surface area contributed by atoms with Gasteiger partial charge >= 0.3 is 0 Å². The van der Waals surface area contributed by atoms with Crippen LogP contribution in [0.2, 0.25) is 0 Å². The number of rotatable bonds is 8. The summed E-state index contributed by atoms with van der Waals surface area (Å²) in [5.41, 5.74) is 18.9. The Bertz CT molecular complexity index is 3330. The molecule has 286 valence electrons. The maximum absolute atomic E-state index is 6.49. The molecule has 0 atom stereocenters. The van der Waals surface area contributed by atoms with Crippen LogP contribution in [-0.2, 0) is 0 Å². The summed E-state index contributed by atoms with van der Waals surface area (Å²) in [7, 11) is 0. The third-order valence-corrected chi connectivity index (χ3v) is 11.5. The minimum atomic E-state index is 0.649. The molecule has 3 heteroatoms. The van der Waals surface area contributed by atoms with Crippen molar-refractivity contribution in [1.29, 1.82) is 0 Å². The third kappa shape index (κ3) is 7.09. The fourth-order valence-corrected chi connectivity index (χ4v) is 8.35. The predicted molar refractivity (Wildman–Crippen MR) is 253 cm³/mol. The van der Waals surface area contributed by atoms with E-state index in [0.717, 1.165) is 66.7 Å². The van der Waals surface area contributed by atoms with Crippen LogP contribution >= 0.6 is 0 Å². The van der Waals surface area contributed by atoms with Crippen molar-refractivity contribution in [2.75, 3.05) is 0 Å². The second-order valence-electron chi connectivity index (χ2n) is 15.4. The van der Waals surface area contributed by atoms with Crippen LogP contribution in [0.5, 0.6) is 0 Å². The first kappa shape index (κ1) is 36.0. The summed E-state index contributed by atoms with van der Waals surface area (Å²) in [6.07, 6.45) is 0. The molecule has 61 heavy (non-hydrogen) atoms. The first-order valence-electron chi connectivity index (χ1n) is 20.6. The van der Waals surface area contributed by atoms with E-state index in [1.165, 1.54) is 33.4 Å². The zero-order valence-electron chi connectivity index (χ0n) is 33.2. The molecule has 3 nitrogen and oxygen atoms in total. The van der Waals surface area contributed by atoms with Gasteiger partial charge in [0, 0.05) is 16.5 Å². The lowest BCUT2D eigenvalue weighted by Crippen LogP contribution is -1.94. The molecule has 0 aliphatic heterocycles.